The highest BCUT2D eigenvalue weighted by atomic mass is 19.1. The van der Waals surface area contributed by atoms with Crippen molar-refractivity contribution in [2.75, 3.05) is 26.8 Å². The van der Waals surface area contributed by atoms with Crippen LogP contribution in [-0.4, -0.2) is 37.5 Å². The molecule has 4 nitrogen and oxygen atoms in total. The van der Waals surface area contributed by atoms with Crippen LogP contribution >= 0.6 is 0 Å². The zero-order valence-corrected chi connectivity index (χ0v) is 11.2. The van der Waals surface area contributed by atoms with Crippen molar-refractivity contribution in [2.24, 2.45) is 11.7 Å². The summed E-state index contributed by atoms with van der Waals surface area (Å²) in [6.45, 7) is 3.20. The maximum absolute atomic E-state index is 14.1. The molecule has 0 aromatic heterocycles. The number of nitrogens with zero attached hydrogens (tertiary/aromatic N) is 1. The lowest BCUT2D eigenvalue weighted by Gasteiger charge is -2.17. The van der Waals surface area contributed by atoms with Crippen molar-refractivity contribution in [1.29, 1.82) is 5.41 Å². The van der Waals surface area contributed by atoms with Gasteiger partial charge in [-0.2, -0.15) is 0 Å². The van der Waals surface area contributed by atoms with Crippen molar-refractivity contribution in [2.45, 2.75) is 13.0 Å². The van der Waals surface area contributed by atoms with E-state index in [1.54, 1.807) is 25.3 Å². The van der Waals surface area contributed by atoms with Gasteiger partial charge in [-0.05, 0) is 24.9 Å². The van der Waals surface area contributed by atoms with Crippen LogP contribution in [0.15, 0.2) is 18.2 Å². The molecule has 3 N–H and O–H groups in total. The fourth-order valence-electron chi connectivity index (χ4n) is 2.58. The summed E-state index contributed by atoms with van der Waals surface area (Å²) in [5, 5.41) is 7.35. The van der Waals surface area contributed by atoms with E-state index in [-0.39, 0.29) is 17.2 Å². The third kappa shape index (κ3) is 3.30. The number of hydrogen-bond acceptors (Lipinski definition) is 3. The largest absolute Gasteiger partial charge is 0.384 e. The maximum Gasteiger partial charge on any atom is 0.138 e. The lowest BCUT2D eigenvalue weighted by molar-refractivity contribution is 0.152. The number of nitrogens with two attached hydrogens (primary N) is 1. The first kappa shape index (κ1) is 14.0. The molecule has 0 radical (unpaired) electrons. The Morgan fingerprint density at radius 2 is 2.37 bits per heavy atom. The maximum atomic E-state index is 14.1. The van der Waals surface area contributed by atoms with Crippen LogP contribution in [0.5, 0.6) is 0 Å². The van der Waals surface area contributed by atoms with Crippen LogP contribution in [-0.2, 0) is 11.3 Å². The van der Waals surface area contributed by atoms with Gasteiger partial charge in [0, 0.05) is 25.8 Å². The molecular weight excluding hydrogens is 245 g/mol. The molecule has 1 unspecified atom stereocenters. The topological polar surface area (TPSA) is 62.3 Å². The van der Waals surface area contributed by atoms with Gasteiger partial charge in [-0.25, -0.2) is 4.39 Å². The number of benzene rings is 1. The van der Waals surface area contributed by atoms with Crippen molar-refractivity contribution in [3.63, 3.8) is 0 Å². The van der Waals surface area contributed by atoms with E-state index >= 15 is 0 Å². The molecule has 1 fully saturated rings. The first-order chi connectivity index (χ1) is 9.11. The average molecular weight is 265 g/mol. The summed E-state index contributed by atoms with van der Waals surface area (Å²) >= 11 is 0. The minimum atomic E-state index is -0.370. The fourth-order valence-corrected chi connectivity index (χ4v) is 2.58. The van der Waals surface area contributed by atoms with Crippen molar-refractivity contribution in [3.8, 4) is 0 Å². The second kappa shape index (κ2) is 6.12. The van der Waals surface area contributed by atoms with Crippen LogP contribution < -0.4 is 5.73 Å². The van der Waals surface area contributed by atoms with Crippen LogP contribution in [0.4, 0.5) is 4.39 Å². The summed E-state index contributed by atoms with van der Waals surface area (Å²) in [6, 6.07) is 5.04. The molecule has 1 aliphatic rings. The van der Waals surface area contributed by atoms with E-state index in [0.29, 0.717) is 18.0 Å². The monoisotopic (exact) mass is 265 g/mol. The minimum Gasteiger partial charge on any atom is -0.384 e. The van der Waals surface area contributed by atoms with Gasteiger partial charge in [-0.3, -0.25) is 10.3 Å². The molecular formula is C14H20FN3O. The number of ether oxygens (including phenoxy) is 1. The molecule has 2 rings (SSSR count). The summed E-state index contributed by atoms with van der Waals surface area (Å²) in [4.78, 5) is 2.21. The van der Waals surface area contributed by atoms with E-state index in [1.807, 2.05) is 0 Å². The van der Waals surface area contributed by atoms with E-state index in [0.717, 1.165) is 26.1 Å². The van der Waals surface area contributed by atoms with Gasteiger partial charge in [-0.1, -0.05) is 12.1 Å². The minimum absolute atomic E-state index is 0.185. The molecule has 1 aromatic carbocycles. The number of amidine groups is 1. The van der Waals surface area contributed by atoms with Gasteiger partial charge in [-0.15, -0.1) is 0 Å². The summed E-state index contributed by atoms with van der Waals surface area (Å²) in [5.74, 6) is -0.0627. The first-order valence-electron chi connectivity index (χ1n) is 6.45. The van der Waals surface area contributed by atoms with E-state index in [9.17, 15) is 4.39 Å². The number of nitrogens with one attached hydrogen (secondary N) is 1. The Labute approximate surface area is 112 Å². The molecule has 0 bridgehead atoms. The SMILES string of the molecule is COCC1CCN(Cc2cccc(C(=N)N)c2F)C1. The zero-order valence-electron chi connectivity index (χ0n) is 11.2. The highest BCUT2D eigenvalue weighted by molar-refractivity contribution is 5.95. The predicted octanol–water partition coefficient (Wildman–Crippen LogP) is 1.58. The standard InChI is InChI=1S/C14H20FN3O/c1-19-9-10-5-6-18(7-10)8-11-3-2-4-12(13(11)15)14(16)17/h2-4,10H,5-9H2,1H3,(H3,16,17). The molecule has 1 atom stereocenters. The van der Waals surface area contributed by atoms with Crippen LogP contribution in [0.1, 0.15) is 17.5 Å². The summed E-state index contributed by atoms with van der Waals surface area (Å²) in [6.07, 6.45) is 1.09. The predicted molar refractivity (Wildman–Crippen MR) is 72.7 cm³/mol. The number of rotatable bonds is 5. The van der Waals surface area contributed by atoms with Crippen molar-refractivity contribution in [1.82, 2.24) is 4.90 Å². The Balaban J connectivity index is 2.04. The highest BCUT2D eigenvalue weighted by Gasteiger charge is 2.23. The van der Waals surface area contributed by atoms with Gasteiger partial charge < -0.3 is 10.5 Å². The summed E-state index contributed by atoms with van der Waals surface area (Å²) < 4.78 is 19.3. The quantitative estimate of drug-likeness (QED) is 0.627. The van der Waals surface area contributed by atoms with E-state index in [2.05, 4.69) is 4.90 Å². The Morgan fingerprint density at radius 1 is 1.58 bits per heavy atom. The van der Waals surface area contributed by atoms with Crippen LogP contribution in [0.25, 0.3) is 0 Å². The summed E-state index contributed by atoms with van der Waals surface area (Å²) in [5.41, 5.74) is 6.15. The van der Waals surface area contributed by atoms with E-state index < -0.39 is 0 Å². The molecule has 0 spiro atoms. The molecule has 1 heterocycles. The lowest BCUT2D eigenvalue weighted by Crippen LogP contribution is -2.23. The molecule has 104 valence electrons. The second-order valence-corrected chi connectivity index (χ2v) is 5.04. The second-order valence-electron chi connectivity index (χ2n) is 5.04. The van der Waals surface area contributed by atoms with E-state index in [1.165, 1.54) is 0 Å². The Hall–Kier alpha value is -1.46. The Bertz CT molecular complexity index is 464. The molecule has 1 aliphatic heterocycles. The number of nitrogen functional groups attached to an aromatic ring is 1. The smallest absolute Gasteiger partial charge is 0.138 e. The molecule has 0 saturated carbocycles. The normalized spacial score (nSPS) is 19.8. The van der Waals surface area contributed by atoms with Crippen LogP contribution in [0.3, 0.4) is 0 Å². The molecule has 1 saturated heterocycles. The molecule has 1 aromatic rings. The van der Waals surface area contributed by atoms with Crippen LogP contribution in [0, 0.1) is 17.1 Å². The molecule has 5 heteroatoms. The van der Waals surface area contributed by atoms with Gasteiger partial charge in [0.25, 0.3) is 0 Å². The number of hydrogen-bond donors (Lipinski definition) is 2. The first-order valence-corrected chi connectivity index (χ1v) is 6.45. The highest BCUT2D eigenvalue weighted by Crippen LogP contribution is 2.21. The third-order valence-corrected chi connectivity index (χ3v) is 3.54. The van der Waals surface area contributed by atoms with Gasteiger partial charge in [0.2, 0.25) is 0 Å². The number of halogens is 1. The van der Waals surface area contributed by atoms with Gasteiger partial charge >= 0.3 is 0 Å². The average Bonchev–Trinajstić information content (AvgIpc) is 2.79. The van der Waals surface area contributed by atoms with Crippen LogP contribution in [0.2, 0.25) is 0 Å². The Kier molecular flexibility index (Phi) is 4.50. The number of methoxy groups -OCH3 is 1. The van der Waals surface area contributed by atoms with Crippen molar-refractivity contribution < 1.29 is 9.13 Å². The van der Waals surface area contributed by atoms with Gasteiger partial charge in [0.1, 0.15) is 11.7 Å². The lowest BCUT2D eigenvalue weighted by atomic mass is 10.1. The van der Waals surface area contributed by atoms with E-state index in [4.69, 9.17) is 15.9 Å². The van der Waals surface area contributed by atoms with Gasteiger partial charge in [0.15, 0.2) is 0 Å². The van der Waals surface area contributed by atoms with Gasteiger partial charge in [0.05, 0.1) is 12.2 Å². The Morgan fingerprint density at radius 3 is 3.05 bits per heavy atom. The number of likely N-dealkylation sites (tertiary alicyclic amines) is 1. The molecule has 0 aliphatic carbocycles. The zero-order chi connectivity index (χ0) is 13.8. The van der Waals surface area contributed by atoms with Crippen molar-refractivity contribution in [3.05, 3.63) is 35.1 Å². The molecule has 0 amide bonds. The molecule has 19 heavy (non-hydrogen) atoms. The fraction of sp³-hybridized carbons (Fsp3) is 0.500. The summed E-state index contributed by atoms with van der Waals surface area (Å²) in [7, 11) is 1.71. The van der Waals surface area contributed by atoms with Crippen molar-refractivity contribution >= 4 is 5.84 Å². The third-order valence-electron chi connectivity index (χ3n) is 3.54.